The molecular weight excluding hydrogens is 385 g/mol. The van der Waals surface area contributed by atoms with Crippen LogP contribution in [0.15, 0.2) is 32.5 Å². The largest absolute Gasteiger partial charge is 0.320 e. The molecule has 1 heterocycles. The van der Waals surface area contributed by atoms with Crippen molar-refractivity contribution in [3.05, 3.63) is 53.6 Å². The Balaban J connectivity index is 2.40. The average molecular weight is 396 g/mol. The van der Waals surface area contributed by atoms with Gasteiger partial charge in [0.1, 0.15) is 0 Å². The summed E-state index contributed by atoms with van der Waals surface area (Å²) in [6, 6.07) is 7.75. The van der Waals surface area contributed by atoms with E-state index >= 15 is 0 Å². The molecule has 1 aromatic heterocycles. The lowest BCUT2D eigenvalue weighted by Crippen LogP contribution is -2.11. The molecule has 17 heavy (non-hydrogen) atoms. The first kappa shape index (κ1) is 13.6. The van der Waals surface area contributed by atoms with E-state index in [0.717, 1.165) is 19.4 Å². The zero-order valence-electron chi connectivity index (χ0n) is 9.01. The predicted octanol–water partition coefficient (Wildman–Crippen LogP) is 5.28. The molecule has 90 valence electrons. The van der Waals surface area contributed by atoms with Crippen molar-refractivity contribution in [2.24, 2.45) is 5.73 Å². The Hall–Kier alpha value is 0.130. The summed E-state index contributed by atoms with van der Waals surface area (Å²) >= 11 is 14.6. The van der Waals surface area contributed by atoms with Gasteiger partial charge in [-0.15, -0.1) is 11.3 Å². The van der Waals surface area contributed by atoms with E-state index in [4.69, 9.17) is 17.3 Å². The second kappa shape index (κ2) is 5.41. The number of hydrogen-bond donors (Lipinski definition) is 1. The first-order valence-corrected chi connectivity index (χ1v) is 7.73. The minimum atomic E-state index is -0.119. The van der Waals surface area contributed by atoms with Crippen LogP contribution in [-0.4, -0.2) is 0 Å². The minimum absolute atomic E-state index is 0.119. The van der Waals surface area contributed by atoms with E-state index in [1.165, 1.54) is 4.88 Å². The van der Waals surface area contributed by atoms with Crippen molar-refractivity contribution < 1.29 is 0 Å². The fraction of sp³-hybridized carbons (Fsp3) is 0.167. The summed E-state index contributed by atoms with van der Waals surface area (Å²) in [6.07, 6.45) is 0. The van der Waals surface area contributed by atoms with Gasteiger partial charge >= 0.3 is 0 Å². The van der Waals surface area contributed by atoms with Gasteiger partial charge in [0.25, 0.3) is 0 Å². The van der Waals surface area contributed by atoms with E-state index in [0.29, 0.717) is 5.02 Å². The topological polar surface area (TPSA) is 26.0 Å². The summed E-state index contributed by atoms with van der Waals surface area (Å²) < 4.78 is 1.98. The maximum absolute atomic E-state index is 6.27. The van der Waals surface area contributed by atoms with Crippen LogP contribution < -0.4 is 5.73 Å². The molecule has 2 rings (SSSR count). The van der Waals surface area contributed by atoms with E-state index in [9.17, 15) is 0 Å². The van der Waals surface area contributed by atoms with Crippen molar-refractivity contribution in [3.8, 4) is 0 Å². The highest BCUT2D eigenvalue weighted by atomic mass is 79.9. The molecular formula is C12H10Br2ClNS. The Morgan fingerprint density at radius 3 is 2.53 bits per heavy atom. The van der Waals surface area contributed by atoms with Gasteiger partial charge in [-0.25, -0.2) is 0 Å². The van der Waals surface area contributed by atoms with Crippen LogP contribution in [0.3, 0.4) is 0 Å². The number of hydrogen-bond acceptors (Lipinski definition) is 2. The molecule has 0 bridgehead atoms. The first-order chi connectivity index (χ1) is 7.99. The molecule has 0 saturated carbocycles. The molecule has 0 fully saturated rings. The Morgan fingerprint density at radius 1 is 1.29 bits per heavy atom. The van der Waals surface area contributed by atoms with Crippen LogP contribution in [0.4, 0.5) is 0 Å². The van der Waals surface area contributed by atoms with Crippen molar-refractivity contribution in [3.63, 3.8) is 0 Å². The molecule has 0 radical (unpaired) electrons. The van der Waals surface area contributed by atoms with Gasteiger partial charge in [-0.3, -0.25) is 0 Å². The molecule has 0 saturated heterocycles. The molecule has 1 nitrogen and oxygen atoms in total. The van der Waals surface area contributed by atoms with E-state index in [1.54, 1.807) is 11.3 Å². The number of halogens is 3. The molecule has 0 aliphatic rings. The van der Waals surface area contributed by atoms with Crippen LogP contribution in [0.2, 0.25) is 5.02 Å². The van der Waals surface area contributed by atoms with Crippen LogP contribution in [0.5, 0.6) is 0 Å². The molecule has 1 unspecified atom stereocenters. The van der Waals surface area contributed by atoms with Crippen molar-refractivity contribution in [1.29, 1.82) is 0 Å². The lowest BCUT2D eigenvalue weighted by atomic mass is 10.0. The van der Waals surface area contributed by atoms with E-state index in [1.807, 2.05) is 18.2 Å². The number of aryl methyl sites for hydroxylation is 1. The Morgan fingerprint density at radius 2 is 2.00 bits per heavy atom. The molecule has 0 aliphatic carbocycles. The van der Waals surface area contributed by atoms with E-state index < -0.39 is 0 Å². The zero-order valence-corrected chi connectivity index (χ0v) is 13.8. The van der Waals surface area contributed by atoms with Crippen molar-refractivity contribution in [1.82, 2.24) is 0 Å². The number of rotatable bonds is 2. The van der Waals surface area contributed by atoms with Gasteiger partial charge in [-0.1, -0.05) is 17.7 Å². The third-order valence-electron chi connectivity index (χ3n) is 2.56. The third kappa shape index (κ3) is 2.93. The summed E-state index contributed by atoms with van der Waals surface area (Å²) in [5.41, 5.74) is 8.47. The lowest BCUT2D eigenvalue weighted by molar-refractivity contribution is 0.868. The fourth-order valence-electron chi connectivity index (χ4n) is 1.65. The van der Waals surface area contributed by atoms with Gasteiger partial charge < -0.3 is 5.73 Å². The minimum Gasteiger partial charge on any atom is -0.320 e. The average Bonchev–Trinajstić information content (AvgIpc) is 2.61. The first-order valence-electron chi connectivity index (χ1n) is 4.95. The summed E-state index contributed by atoms with van der Waals surface area (Å²) in [5.74, 6) is 0. The highest BCUT2D eigenvalue weighted by Crippen LogP contribution is 2.34. The summed E-state index contributed by atoms with van der Waals surface area (Å²) in [4.78, 5) is 1.23. The predicted molar refractivity (Wildman–Crippen MR) is 81.9 cm³/mol. The van der Waals surface area contributed by atoms with Crippen LogP contribution in [-0.2, 0) is 0 Å². The van der Waals surface area contributed by atoms with Gasteiger partial charge in [0.05, 0.1) is 14.9 Å². The quantitative estimate of drug-likeness (QED) is 0.735. The monoisotopic (exact) mass is 393 g/mol. The molecule has 0 aliphatic heterocycles. The van der Waals surface area contributed by atoms with E-state index in [2.05, 4.69) is 44.8 Å². The number of thiophene rings is 1. The molecule has 0 spiro atoms. The van der Waals surface area contributed by atoms with Crippen LogP contribution >= 0.6 is 54.8 Å². The molecule has 0 amide bonds. The van der Waals surface area contributed by atoms with Gasteiger partial charge in [0.2, 0.25) is 0 Å². The molecule has 5 heteroatoms. The standard InChI is InChI=1S/C12H10Br2ClNS/c1-6-8(5-11(14)17-6)12(16)7-2-3-10(15)9(13)4-7/h2-5,12H,16H2,1H3. The molecule has 2 N–H and O–H groups in total. The lowest BCUT2D eigenvalue weighted by Gasteiger charge is -2.12. The normalized spacial score (nSPS) is 12.8. The second-order valence-corrected chi connectivity index (χ2v) is 7.61. The Labute approximate surface area is 126 Å². The molecule has 1 aromatic carbocycles. The van der Waals surface area contributed by atoms with Crippen LogP contribution in [0.25, 0.3) is 0 Å². The Kier molecular flexibility index (Phi) is 4.31. The molecule has 2 aromatic rings. The summed E-state index contributed by atoms with van der Waals surface area (Å²) in [6.45, 7) is 2.08. The fourth-order valence-corrected chi connectivity index (χ4v) is 3.92. The number of nitrogens with two attached hydrogens (primary N) is 1. The van der Waals surface area contributed by atoms with Gasteiger partial charge in [0, 0.05) is 9.35 Å². The second-order valence-electron chi connectivity index (χ2n) is 3.71. The SMILES string of the molecule is Cc1sc(Br)cc1C(N)c1ccc(Cl)c(Br)c1. The van der Waals surface area contributed by atoms with Gasteiger partial charge in [0.15, 0.2) is 0 Å². The van der Waals surface area contributed by atoms with Gasteiger partial charge in [-0.2, -0.15) is 0 Å². The highest BCUT2D eigenvalue weighted by molar-refractivity contribution is 9.11. The van der Waals surface area contributed by atoms with Crippen molar-refractivity contribution >= 4 is 54.8 Å². The third-order valence-corrected chi connectivity index (χ3v) is 5.35. The van der Waals surface area contributed by atoms with E-state index in [-0.39, 0.29) is 6.04 Å². The van der Waals surface area contributed by atoms with Crippen molar-refractivity contribution in [2.75, 3.05) is 0 Å². The number of benzene rings is 1. The van der Waals surface area contributed by atoms with Crippen molar-refractivity contribution in [2.45, 2.75) is 13.0 Å². The van der Waals surface area contributed by atoms with Crippen LogP contribution in [0.1, 0.15) is 22.0 Å². The van der Waals surface area contributed by atoms with Crippen LogP contribution in [0, 0.1) is 6.92 Å². The zero-order chi connectivity index (χ0) is 12.6. The summed E-state index contributed by atoms with van der Waals surface area (Å²) in [5, 5.41) is 0.698. The molecule has 1 atom stereocenters. The smallest absolute Gasteiger partial charge is 0.0704 e. The Bertz CT molecular complexity index is 553. The van der Waals surface area contributed by atoms with Gasteiger partial charge in [-0.05, 0) is 68.1 Å². The summed E-state index contributed by atoms with van der Waals surface area (Å²) in [7, 11) is 0. The maximum atomic E-state index is 6.27. The highest BCUT2D eigenvalue weighted by Gasteiger charge is 2.15. The maximum Gasteiger partial charge on any atom is 0.0704 e.